The molecule has 1 aliphatic heterocycles. The van der Waals surface area contributed by atoms with Crippen molar-refractivity contribution in [2.75, 3.05) is 13.7 Å². The second-order valence-corrected chi connectivity index (χ2v) is 5.32. The van der Waals surface area contributed by atoms with Crippen LogP contribution in [0.4, 0.5) is 0 Å². The number of methoxy groups -OCH3 is 1. The van der Waals surface area contributed by atoms with Crippen LogP contribution in [0.25, 0.3) is 0 Å². The molecule has 1 aromatic rings. The third-order valence-corrected chi connectivity index (χ3v) is 4.19. The van der Waals surface area contributed by atoms with Crippen LogP contribution >= 0.6 is 0 Å². The smallest absolute Gasteiger partial charge is 0.157 e. The van der Waals surface area contributed by atoms with Gasteiger partial charge in [0, 0.05) is 38.1 Å². The zero-order valence-electron chi connectivity index (χ0n) is 11.2. The Kier molecular flexibility index (Phi) is 3.31. The average molecular weight is 247 g/mol. The van der Waals surface area contributed by atoms with Crippen molar-refractivity contribution in [3.05, 3.63) is 22.8 Å². The van der Waals surface area contributed by atoms with E-state index in [9.17, 15) is 0 Å². The molecule has 2 heterocycles. The number of nitrogens with one attached hydrogen (secondary N) is 1. The molecular formula is C14H21N3O. The molecule has 1 unspecified atom stereocenters. The normalized spacial score (nSPS) is 21.2. The lowest BCUT2D eigenvalue weighted by Crippen LogP contribution is -2.29. The van der Waals surface area contributed by atoms with E-state index in [1.807, 2.05) is 6.92 Å². The van der Waals surface area contributed by atoms with Gasteiger partial charge in [-0.05, 0) is 19.8 Å². The monoisotopic (exact) mass is 247 g/mol. The highest BCUT2D eigenvalue weighted by Crippen LogP contribution is 2.38. The van der Waals surface area contributed by atoms with Crippen LogP contribution < -0.4 is 5.32 Å². The number of ether oxygens (including phenoxy) is 1. The molecule has 1 atom stereocenters. The Balaban J connectivity index is 2.03. The molecule has 3 rings (SSSR count). The lowest BCUT2D eigenvalue weighted by atomic mass is 9.80. The maximum atomic E-state index is 5.37. The van der Waals surface area contributed by atoms with Crippen LogP contribution in [-0.4, -0.2) is 23.6 Å². The molecule has 1 fully saturated rings. The highest BCUT2D eigenvalue weighted by molar-refractivity contribution is 5.32. The van der Waals surface area contributed by atoms with E-state index in [1.165, 1.54) is 36.2 Å². The maximum Gasteiger partial charge on any atom is 0.157 e. The van der Waals surface area contributed by atoms with E-state index in [0.29, 0.717) is 5.92 Å². The lowest BCUT2D eigenvalue weighted by Gasteiger charge is -2.30. The molecule has 4 nitrogen and oxygen atoms in total. The molecule has 1 aliphatic carbocycles. The molecule has 0 aromatic carbocycles. The number of fused-ring (bicyclic) bond motifs is 1. The lowest BCUT2D eigenvalue weighted by molar-refractivity contribution is 0.111. The molecule has 1 N–H and O–H groups in total. The quantitative estimate of drug-likeness (QED) is 0.888. The summed E-state index contributed by atoms with van der Waals surface area (Å²) < 4.78 is 5.37. The van der Waals surface area contributed by atoms with E-state index in [4.69, 9.17) is 14.7 Å². The molecule has 18 heavy (non-hydrogen) atoms. The number of aromatic nitrogens is 2. The zero-order chi connectivity index (χ0) is 12.5. The van der Waals surface area contributed by atoms with Crippen LogP contribution in [0.5, 0.6) is 0 Å². The SMILES string of the molecule is COC(C)c1nc2c(c(C3CCC3)n1)CNCC2. The number of nitrogens with zero attached hydrogens (tertiary/aromatic N) is 2. The summed E-state index contributed by atoms with van der Waals surface area (Å²) in [6, 6.07) is 0. The molecule has 0 bridgehead atoms. The van der Waals surface area contributed by atoms with Gasteiger partial charge < -0.3 is 10.1 Å². The molecule has 98 valence electrons. The minimum absolute atomic E-state index is 0.0102. The van der Waals surface area contributed by atoms with Crippen LogP contribution in [0.2, 0.25) is 0 Å². The first-order valence-electron chi connectivity index (χ1n) is 6.92. The summed E-state index contributed by atoms with van der Waals surface area (Å²) in [7, 11) is 1.72. The molecule has 0 saturated heterocycles. The second kappa shape index (κ2) is 4.94. The van der Waals surface area contributed by atoms with Gasteiger partial charge in [0.1, 0.15) is 6.10 Å². The third-order valence-electron chi connectivity index (χ3n) is 4.19. The topological polar surface area (TPSA) is 47.0 Å². The fourth-order valence-corrected chi connectivity index (χ4v) is 2.70. The fraction of sp³-hybridized carbons (Fsp3) is 0.714. The predicted octanol–water partition coefficient (Wildman–Crippen LogP) is 2.10. The van der Waals surface area contributed by atoms with Gasteiger partial charge in [0.25, 0.3) is 0 Å². The third kappa shape index (κ3) is 2.04. The van der Waals surface area contributed by atoms with Crippen molar-refractivity contribution < 1.29 is 4.74 Å². The van der Waals surface area contributed by atoms with E-state index >= 15 is 0 Å². The fourth-order valence-electron chi connectivity index (χ4n) is 2.70. The van der Waals surface area contributed by atoms with Gasteiger partial charge in [0.2, 0.25) is 0 Å². The van der Waals surface area contributed by atoms with Crippen LogP contribution in [0.15, 0.2) is 0 Å². The van der Waals surface area contributed by atoms with Crippen molar-refractivity contribution in [1.29, 1.82) is 0 Å². The molecule has 0 radical (unpaired) electrons. The van der Waals surface area contributed by atoms with Gasteiger partial charge in [-0.15, -0.1) is 0 Å². The van der Waals surface area contributed by atoms with Crippen molar-refractivity contribution in [2.24, 2.45) is 0 Å². The highest BCUT2D eigenvalue weighted by Gasteiger charge is 2.28. The molecular weight excluding hydrogens is 226 g/mol. The highest BCUT2D eigenvalue weighted by atomic mass is 16.5. The largest absolute Gasteiger partial charge is 0.374 e. The van der Waals surface area contributed by atoms with Gasteiger partial charge in [-0.1, -0.05) is 6.42 Å². The molecule has 1 aromatic heterocycles. The van der Waals surface area contributed by atoms with E-state index in [0.717, 1.165) is 25.3 Å². The number of hydrogen-bond acceptors (Lipinski definition) is 4. The van der Waals surface area contributed by atoms with Crippen molar-refractivity contribution in [1.82, 2.24) is 15.3 Å². The molecule has 0 amide bonds. The number of rotatable bonds is 3. The minimum Gasteiger partial charge on any atom is -0.374 e. The van der Waals surface area contributed by atoms with Gasteiger partial charge in [-0.2, -0.15) is 0 Å². The summed E-state index contributed by atoms with van der Waals surface area (Å²) in [5.41, 5.74) is 3.89. The molecule has 1 saturated carbocycles. The molecule has 2 aliphatic rings. The zero-order valence-corrected chi connectivity index (χ0v) is 11.2. The number of hydrogen-bond donors (Lipinski definition) is 1. The first-order valence-corrected chi connectivity index (χ1v) is 6.92. The van der Waals surface area contributed by atoms with E-state index in [-0.39, 0.29) is 6.10 Å². The maximum absolute atomic E-state index is 5.37. The Labute approximate surface area is 108 Å². The van der Waals surface area contributed by atoms with Crippen LogP contribution in [0, 0.1) is 0 Å². The summed E-state index contributed by atoms with van der Waals surface area (Å²) in [5, 5.41) is 3.44. The first-order chi connectivity index (χ1) is 8.79. The molecule has 4 heteroatoms. The predicted molar refractivity (Wildman–Crippen MR) is 69.5 cm³/mol. The van der Waals surface area contributed by atoms with E-state index in [1.54, 1.807) is 7.11 Å². The Morgan fingerprint density at radius 1 is 1.33 bits per heavy atom. The van der Waals surface area contributed by atoms with Gasteiger partial charge in [-0.25, -0.2) is 9.97 Å². The van der Waals surface area contributed by atoms with Gasteiger partial charge in [0.05, 0.1) is 11.4 Å². The van der Waals surface area contributed by atoms with Gasteiger partial charge in [-0.3, -0.25) is 0 Å². The Bertz CT molecular complexity index is 443. The van der Waals surface area contributed by atoms with Crippen molar-refractivity contribution in [2.45, 2.75) is 51.2 Å². The standard InChI is InChI=1S/C14H21N3O/c1-9(18-2)14-16-12-6-7-15-8-11(12)13(17-14)10-4-3-5-10/h9-10,15H,3-8H2,1-2H3. The summed E-state index contributed by atoms with van der Waals surface area (Å²) in [6.07, 6.45) is 4.91. The molecule has 0 spiro atoms. The minimum atomic E-state index is -0.0102. The van der Waals surface area contributed by atoms with Crippen LogP contribution in [0.3, 0.4) is 0 Å². The summed E-state index contributed by atoms with van der Waals surface area (Å²) in [6.45, 7) is 3.98. The van der Waals surface area contributed by atoms with Crippen LogP contribution in [-0.2, 0) is 17.7 Å². The Morgan fingerprint density at radius 3 is 2.83 bits per heavy atom. The first kappa shape index (κ1) is 12.1. The van der Waals surface area contributed by atoms with Gasteiger partial charge >= 0.3 is 0 Å². The van der Waals surface area contributed by atoms with E-state index < -0.39 is 0 Å². The van der Waals surface area contributed by atoms with Crippen molar-refractivity contribution in [3.63, 3.8) is 0 Å². The van der Waals surface area contributed by atoms with Crippen molar-refractivity contribution >= 4 is 0 Å². The van der Waals surface area contributed by atoms with Gasteiger partial charge in [0.15, 0.2) is 5.82 Å². The average Bonchev–Trinajstić information content (AvgIpc) is 2.35. The van der Waals surface area contributed by atoms with Crippen molar-refractivity contribution in [3.8, 4) is 0 Å². The summed E-state index contributed by atoms with van der Waals surface area (Å²) >= 11 is 0. The van der Waals surface area contributed by atoms with E-state index in [2.05, 4.69) is 5.32 Å². The summed E-state index contributed by atoms with van der Waals surface area (Å²) in [4.78, 5) is 9.51. The Hall–Kier alpha value is -1.00. The second-order valence-electron chi connectivity index (χ2n) is 5.32. The van der Waals surface area contributed by atoms with Crippen LogP contribution in [0.1, 0.15) is 61.0 Å². The summed E-state index contributed by atoms with van der Waals surface area (Å²) in [5.74, 6) is 1.52. The Morgan fingerprint density at radius 2 is 2.17 bits per heavy atom.